The van der Waals surface area contributed by atoms with Gasteiger partial charge in [-0.3, -0.25) is 4.55 Å². The van der Waals surface area contributed by atoms with Crippen LogP contribution in [0.5, 0.6) is 0 Å². The van der Waals surface area contributed by atoms with E-state index < -0.39 is 10.1 Å². The van der Waals surface area contributed by atoms with E-state index in [1.807, 2.05) is 0 Å². The van der Waals surface area contributed by atoms with E-state index in [-0.39, 0.29) is 29.6 Å². The summed E-state index contributed by atoms with van der Waals surface area (Å²) in [5.41, 5.74) is 0. The molecule has 0 heterocycles. The molecule has 0 amide bonds. The van der Waals surface area contributed by atoms with Crippen LogP contribution in [0.2, 0.25) is 0 Å². The summed E-state index contributed by atoms with van der Waals surface area (Å²) in [7, 11) is -3.67. The summed E-state index contributed by atoms with van der Waals surface area (Å²) >= 11 is 0. The Labute approximate surface area is 58.8 Å². The maximum atomic E-state index is 9.19. The van der Waals surface area contributed by atoms with Gasteiger partial charge in [-0.05, 0) is 0 Å². The van der Waals surface area contributed by atoms with Gasteiger partial charge in [0.05, 0.1) is 6.26 Å². The smallest absolute Gasteiger partial charge is 0.261 e. The van der Waals surface area contributed by atoms with Crippen LogP contribution in [0.3, 0.4) is 0 Å². The standard InChI is InChI=1S/CH4O3S.Na/c1-5(2,3)4;/h1H3,(H,2,3,4);. The van der Waals surface area contributed by atoms with Gasteiger partial charge in [-0.25, -0.2) is 0 Å². The first-order valence-electron chi connectivity index (χ1n) is 0.924. The average molecular weight is 119 g/mol. The van der Waals surface area contributed by atoms with Gasteiger partial charge in [-0.2, -0.15) is 8.42 Å². The Hall–Kier alpha value is 0.910. The van der Waals surface area contributed by atoms with Gasteiger partial charge in [-0.15, -0.1) is 0 Å². The summed E-state index contributed by atoms with van der Waals surface area (Å²) in [5.74, 6) is 0. The van der Waals surface area contributed by atoms with Crippen LogP contribution in [0.25, 0.3) is 0 Å². The van der Waals surface area contributed by atoms with E-state index >= 15 is 0 Å². The third-order valence-electron chi connectivity index (χ3n) is 0. The number of hydrogen-bond acceptors (Lipinski definition) is 2. The van der Waals surface area contributed by atoms with Gasteiger partial charge >= 0.3 is 0 Å². The Balaban J connectivity index is 0. The Morgan fingerprint density at radius 1 is 1.50 bits per heavy atom. The normalized spacial score (nSPS) is 9.67. The second kappa shape index (κ2) is 2.98. The molecule has 0 aliphatic rings. The molecule has 5 heteroatoms. The minimum Gasteiger partial charge on any atom is -0.286 e. The molecule has 0 rings (SSSR count). The maximum absolute atomic E-state index is 9.19. The summed E-state index contributed by atoms with van der Waals surface area (Å²) in [5, 5.41) is 0. The molecule has 0 aliphatic carbocycles. The molecule has 0 atom stereocenters. The molecule has 33 valence electrons. The van der Waals surface area contributed by atoms with E-state index in [1.165, 1.54) is 0 Å². The van der Waals surface area contributed by atoms with Crippen molar-refractivity contribution >= 4 is 39.7 Å². The van der Waals surface area contributed by atoms with Crippen molar-refractivity contribution in [3.63, 3.8) is 0 Å². The number of rotatable bonds is 0. The summed E-state index contributed by atoms with van der Waals surface area (Å²) in [4.78, 5) is 0. The first-order valence-corrected chi connectivity index (χ1v) is 2.77. The first-order chi connectivity index (χ1) is 2.00. The van der Waals surface area contributed by atoms with Gasteiger partial charge in [0.15, 0.2) is 0 Å². The Kier molecular flexibility index (Phi) is 4.98. The zero-order valence-corrected chi connectivity index (χ0v) is 6.49. The van der Waals surface area contributed by atoms with E-state index in [1.54, 1.807) is 0 Å². The molecule has 0 aromatic carbocycles. The van der Waals surface area contributed by atoms with E-state index in [0.29, 0.717) is 6.26 Å². The zero-order chi connectivity index (χ0) is 4.50. The molecule has 3 nitrogen and oxygen atoms in total. The average Bonchev–Trinajstić information content (AvgIpc) is 0.722. The largest absolute Gasteiger partial charge is 0.286 e. The van der Waals surface area contributed by atoms with Crippen LogP contribution in [0.4, 0.5) is 0 Å². The summed E-state index contributed by atoms with van der Waals surface area (Å²) in [6, 6.07) is 0. The Bertz CT molecular complexity index is 94.0. The van der Waals surface area contributed by atoms with Crippen molar-refractivity contribution in [1.82, 2.24) is 0 Å². The third-order valence-corrected chi connectivity index (χ3v) is 0. The van der Waals surface area contributed by atoms with E-state index in [2.05, 4.69) is 0 Å². The zero-order valence-electron chi connectivity index (χ0n) is 3.67. The molecule has 0 saturated heterocycles. The van der Waals surface area contributed by atoms with Crippen LogP contribution in [-0.2, 0) is 10.1 Å². The van der Waals surface area contributed by atoms with Gasteiger partial charge in [0.25, 0.3) is 10.1 Å². The van der Waals surface area contributed by atoms with Gasteiger partial charge in [0.2, 0.25) is 0 Å². The maximum Gasteiger partial charge on any atom is 0.261 e. The van der Waals surface area contributed by atoms with Crippen molar-refractivity contribution in [2.45, 2.75) is 0 Å². The molecule has 0 aliphatic heterocycles. The molecule has 0 saturated carbocycles. The molecule has 0 bridgehead atoms. The molecule has 1 radical (unpaired) electrons. The summed E-state index contributed by atoms with van der Waals surface area (Å²) in [6.07, 6.45) is 0.715. The van der Waals surface area contributed by atoms with Gasteiger partial charge < -0.3 is 0 Å². The van der Waals surface area contributed by atoms with Crippen molar-refractivity contribution in [3.8, 4) is 0 Å². The predicted octanol–water partition coefficient (Wildman–Crippen LogP) is -0.877. The van der Waals surface area contributed by atoms with Crippen LogP contribution < -0.4 is 0 Å². The van der Waals surface area contributed by atoms with Gasteiger partial charge in [0, 0.05) is 29.6 Å². The van der Waals surface area contributed by atoms with Crippen LogP contribution in [-0.4, -0.2) is 48.8 Å². The second-order valence-corrected chi connectivity index (χ2v) is 2.20. The SMILES string of the molecule is CS(=O)(=O)O.[Na]. The van der Waals surface area contributed by atoms with Crippen LogP contribution >= 0.6 is 0 Å². The Morgan fingerprint density at radius 2 is 1.50 bits per heavy atom. The molecule has 0 aromatic heterocycles. The van der Waals surface area contributed by atoms with Crippen LogP contribution in [0.15, 0.2) is 0 Å². The minimum atomic E-state index is -3.67. The molecule has 6 heavy (non-hydrogen) atoms. The van der Waals surface area contributed by atoms with E-state index in [9.17, 15) is 8.42 Å². The fraction of sp³-hybridized carbons (Fsp3) is 1.00. The molecule has 1 N–H and O–H groups in total. The predicted molar refractivity (Wildman–Crippen MR) is 23.2 cm³/mol. The second-order valence-electron chi connectivity index (χ2n) is 0.733. The first kappa shape index (κ1) is 10.0. The van der Waals surface area contributed by atoms with Crippen molar-refractivity contribution in [1.29, 1.82) is 0 Å². The van der Waals surface area contributed by atoms with Crippen molar-refractivity contribution in [3.05, 3.63) is 0 Å². The molecule has 0 fully saturated rings. The monoisotopic (exact) mass is 119 g/mol. The third kappa shape index (κ3) is 90.6. The minimum absolute atomic E-state index is 0. The summed E-state index contributed by atoms with van der Waals surface area (Å²) < 4.78 is 25.9. The molecule has 0 aromatic rings. The van der Waals surface area contributed by atoms with Crippen molar-refractivity contribution in [2.24, 2.45) is 0 Å². The quantitative estimate of drug-likeness (QED) is 0.333. The van der Waals surface area contributed by atoms with E-state index in [0.717, 1.165) is 0 Å². The molecule has 0 unspecified atom stereocenters. The topological polar surface area (TPSA) is 54.4 Å². The number of hydrogen-bond donors (Lipinski definition) is 1. The molecular formula is CH4NaO3S. The van der Waals surface area contributed by atoms with Crippen molar-refractivity contribution in [2.75, 3.05) is 6.26 Å². The molecular weight excluding hydrogens is 115 g/mol. The fourth-order valence-electron chi connectivity index (χ4n) is 0. The molecule has 0 spiro atoms. The van der Waals surface area contributed by atoms with Gasteiger partial charge in [0.1, 0.15) is 0 Å². The van der Waals surface area contributed by atoms with Gasteiger partial charge in [-0.1, -0.05) is 0 Å². The van der Waals surface area contributed by atoms with E-state index in [4.69, 9.17) is 4.55 Å². The Morgan fingerprint density at radius 3 is 1.50 bits per heavy atom. The van der Waals surface area contributed by atoms with Crippen LogP contribution in [0.1, 0.15) is 0 Å². The fourth-order valence-corrected chi connectivity index (χ4v) is 0. The van der Waals surface area contributed by atoms with Crippen molar-refractivity contribution < 1.29 is 13.0 Å². The van der Waals surface area contributed by atoms with Crippen LogP contribution in [0, 0.1) is 0 Å². The summed E-state index contributed by atoms with van der Waals surface area (Å²) in [6.45, 7) is 0.